The number of rotatable bonds is 1. The summed E-state index contributed by atoms with van der Waals surface area (Å²) < 4.78 is 5.58. The van der Waals surface area contributed by atoms with Crippen molar-refractivity contribution >= 4 is 0 Å². The van der Waals surface area contributed by atoms with Gasteiger partial charge in [-0.15, -0.1) is 0 Å². The highest BCUT2D eigenvalue weighted by Crippen LogP contribution is 2.40. The van der Waals surface area contributed by atoms with Crippen LogP contribution in [0.15, 0.2) is 16.5 Å². The quantitative estimate of drug-likeness (QED) is 0.558. The predicted octanol–water partition coefficient (Wildman–Crippen LogP) is 3.05. The van der Waals surface area contributed by atoms with Gasteiger partial charge in [0.15, 0.2) is 0 Å². The molecule has 0 aliphatic heterocycles. The molecule has 0 radical (unpaired) electrons. The second kappa shape index (κ2) is 2.33. The molecular weight excluding hydrogens is 136 g/mol. The van der Waals surface area contributed by atoms with E-state index < -0.39 is 0 Å². The summed E-state index contributed by atoms with van der Waals surface area (Å²) in [5.74, 6) is 2.95. The molecule has 0 bridgehead atoms. The Morgan fingerprint density at radius 3 is 2.55 bits per heavy atom. The Morgan fingerprint density at radius 2 is 2.00 bits per heavy atom. The molecule has 0 atom stereocenters. The zero-order chi connectivity index (χ0) is 7.84. The van der Waals surface area contributed by atoms with Crippen LogP contribution in [0.3, 0.4) is 0 Å². The lowest BCUT2D eigenvalue weighted by Crippen LogP contribution is -1.83. The van der Waals surface area contributed by atoms with Crippen molar-refractivity contribution in [1.29, 1.82) is 0 Å². The van der Waals surface area contributed by atoms with Crippen molar-refractivity contribution in [3.8, 4) is 0 Å². The molecule has 0 N–H and O–H groups in total. The van der Waals surface area contributed by atoms with Crippen LogP contribution >= 0.6 is 0 Å². The van der Waals surface area contributed by atoms with Crippen molar-refractivity contribution in [2.45, 2.75) is 32.6 Å². The first kappa shape index (κ1) is 6.84. The van der Waals surface area contributed by atoms with E-state index in [1.165, 1.54) is 24.2 Å². The van der Waals surface area contributed by atoms with E-state index in [9.17, 15) is 0 Å². The fourth-order valence-electron chi connectivity index (χ4n) is 1.40. The van der Waals surface area contributed by atoms with Gasteiger partial charge < -0.3 is 0 Å². The molecule has 58 valence electrons. The Hall–Kier alpha value is -0.850. The second-order valence-corrected chi connectivity index (χ2v) is 3.42. The Bertz CT molecular complexity index is 254. The summed E-state index contributed by atoms with van der Waals surface area (Å²) in [5.41, 5.74) is 1.32. The van der Waals surface area contributed by atoms with E-state index >= 15 is 0 Å². The fourth-order valence-corrected chi connectivity index (χ4v) is 1.40. The van der Waals surface area contributed by atoms with Crippen LogP contribution in [0.4, 0.5) is 0 Å². The first-order valence-corrected chi connectivity index (χ1v) is 4.17. The SMILES string of the molecule is Cc1cc(C)[o+]c(C2CC2)c1. The molecule has 0 spiro atoms. The fraction of sp³-hybridized carbons (Fsp3) is 0.500. The van der Waals surface area contributed by atoms with Gasteiger partial charge in [0.05, 0.1) is 12.8 Å². The lowest BCUT2D eigenvalue weighted by atomic mass is 10.2. The van der Waals surface area contributed by atoms with Crippen molar-refractivity contribution < 1.29 is 4.42 Å². The molecule has 11 heavy (non-hydrogen) atoms. The summed E-state index contributed by atoms with van der Waals surface area (Å²) in [5, 5.41) is 0. The molecule has 1 aromatic heterocycles. The standard InChI is InChI=1S/C10H13O/c1-7-5-8(2)11-10(6-7)9-3-4-9/h5-6,9H,3-4H2,1-2H3/q+1. The lowest BCUT2D eigenvalue weighted by molar-refractivity contribution is 0.465. The Morgan fingerprint density at radius 1 is 1.27 bits per heavy atom. The van der Waals surface area contributed by atoms with E-state index in [1.54, 1.807) is 0 Å². The molecular formula is C10H13O+. The average Bonchev–Trinajstić information content (AvgIpc) is 2.64. The van der Waals surface area contributed by atoms with Crippen LogP contribution in [0.1, 0.15) is 35.8 Å². The minimum Gasteiger partial charge on any atom is -0.218 e. The topological polar surface area (TPSA) is 11.3 Å². The molecule has 2 rings (SSSR count). The maximum atomic E-state index is 5.58. The van der Waals surface area contributed by atoms with Crippen LogP contribution in [0.2, 0.25) is 0 Å². The van der Waals surface area contributed by atoms with Gasteiger partial charge in [0, 0.05) is 12.1 Å². The molecule has 1 fully saturated rings. The summed E-state index contributed by atoms with van der Waals surface area (Å²) in [7, 11) is 0. The van der Waals surface area contributed by atoms with Crippen molar-refractivity contribution in [3.05, 3.63) is 29.2 Å². The van der Waals surface area contributed by atoms with Crippen molar-refractivity contribution in [1.82, 2.24) is 0 Å². The first-order valence-electron chi connectivity index (χ1n) is 4.17. The minimum absolute atomic E-state index is 0.730. The van der Waals surface area contributed by atoms with Crippen molar-refractivity contribution in [2.75, 3.05) is 0 Å². The van der Waals surface area contributed by atoms with Gasteiger partial charge in [-0.25, -0.2) is 4.42 Å². The molecule has 1 heteroatoms. The van der Waals surface area contributed by atoms with Gasteiger partial charge in [-0.05, 0) is 25.3 Å². The normalized spacial score (nSPS) is 16.9. The number of aryl methyl sites for hydroxylation is 2. The molecule has 0 saturated heterocycles. The Kier molecular flexibility index (Phi) is 1.45. The van der Waals surface area contributed by atoms with Crippen LogP contribution < -0.4 is 0 Å². The summed E-state index contributed by atoms with van der Waals surface area (Å²) in [6, 6.07) is 4.23. The summed E-state index contributed by atoms with van der Waals surface area (Å²) >= 11 is 0. The smallest absolute Gasteiger partial charge is 0.218 e. The van der Waals surface area contributed by atoms with E-state index in [0.29, 0.717) is 0 Å². The minimum atomic E-state index is 0.730. The van der Waals surface area contributed by atoms with E-state index in [4.69, 9.17) is 4.42 Å². The molecule has 0 unspecified atom stereocenters. The Labute approximate surface area is 67.1 Å². The third-order valence-electron chi connectivity index (χ3n) is 2.06. The van der Waals surface area contributed by atoms with Crippen molar-refractivity contribution in [3.63, 3.8) is 0 Å². The summed E-state index contributed by atoms with van der Waals surface area (Å²) in [4.78, 5) is 0. The second-order valence-electron chi connectivity index (χ2n) is 3.42. The van der Waals surface area contributed by atoms with Gasteiger partial charge in [-0.2, -0.15) is 0 Å². The third-order valence-corrected chi connectivity index (χ3v) is 2.06. The molecule has 1 heterocycles. The van der Waals surface area contributed by atoms with E-state index in [2.05, 4.69) is 19.1 Å². The number of hydrogen-bond donors (Lipinski definition) is 0. The van der Waals surface area contributed by atoms with Crippen LogP contribution in [0.5, 0.6) is 0 Å². The van der Waals surface area contributed by atoms with E-state index in [-0.39, 0.29) is 0 Å². The van der Waals surface area contributed by atoms with Crippen molar-refractivity contribution in [2.24, 2.45) is 0 Å². The molecule has 1 aromatic rings. The summed E-state index contributed by atoms with van der Waals surface area (Å²) in [6.07, 6.45) is 2.62. The van der Waals surface area contributed by atoms with Crippen LogP contribution in [-0.2, 0) is 0 Å². The zero-order valence-electron chi connectivity index (χ0n) is 7.05. The molecule has 1 aliphatic rings. The van der Waals surface area contributed by atoms with Gasteiger partial charge in [0.1, 0.15) is 0 Å². The van der Waals surface area contributed by atoms with E-state index in [1.807, 2.05) is 6.92 Å². The maximum absolute atomic E-state index is 5.58. The molecule has 1 nitrogen and oxygen atoms in total. The zero-order valence-corrected chi connectivity index (χ0v) is 7.05. The van der Waals surface area contributed by atoms with Gasteiger partial charge in [0.25, 0.3) is 0 Å². The molecule has 1 aliphatic carbocycles. The predicted molar refractivity (Wildman–Crippen MR) is 44.6 cm³/mol. The molecule has 0 amide bonds. The average molecular weight is 149 g/mol. The lowest BCUT2D eigenvalue weighted by Gasteiger charge is -1.88. The largest absolute Gasteiger partial charge is 0.332 e. The number of hydrogen-bond acceptors (Lipinski definition) is 0. The van der Waals surface area contributed by atoms with E-state index in [0.717, 1.165) is 11.7 Å². The summed E-state index contributed by atoms with van der Waals surface area (Å²) in [6.45, 7) is 4.13. The van der Waals surface area contributed by atoms with Crippen LogP contribution in [0, 0.1) is 13.8 Å². The maximum Gasteiger partial charge on any atom is 0.332 e. The van der Waals surface area contributed by atoms with Crippen LogP contribution in [0.25, 0.3) is 0 Å². The highest BCUT2D eigenvalue weighted by molar-refractivity contribution is 5.20. The highest BCUT2D eigenvalue weighted by Gasteiger charge is 2.33. The molecule has 0 aromatic carbocycles. The monoisotopic (exact) mass is 149 g/mol. The highest BCUT2D eigenvalue weighted by atomic mass is 16.3. The molecule has 1 saturated carbocycles. The van der Waals surface area contributed by atoms with Gasteiger partial charge in [-0.1, -0.05) is 0 Å². The van der Waals surface area contributed by atoms with Gasteiger partial charge >= 0.3 is 11.5 Å². The first-order chi connectivity index (χ1) is 5.25. The van der Waals surface area contributed by atoms with Gasteiger partial charge in [-0.3, -0.25) is 0 Å². The third kappa shape index (κ3) is 1.42. The van der Waals surface area contributed by atoms with Gasteiger partial charge in [0.2, 0.25) is 0 Å². The van der Waals surface area contributed by atoms with Crippen LogP contribution in [-0.4, -0.2) is 0 Å². The Balaban J connectivity index is 2.39.